The van der Waals surface area contributed by atoms with Crippen LogP contribution in [0.1, 0.15) is 25.7 Å². The van der Waals surface area contributed by atoms with Crippen LogP contribution < -0.4 is 20.5 Å². The second-order valence-electron chi connectivity index (χ2n) is 5.53. The highest BCUT2D eigenvalue weighted by Gasteiger charge is 2.26. The van der Waals surface area contributed by atoms with Crippen LogP contribution in [0.4, 0.5) is 23.2 Å². The lowest BCUT2D eigenvalue weighted by Crippen LogP contribution is -2.34. The van der Waals surface area contributed by atoms with E-state index < -0.39 is 19.0 Å². The number of alkyl halides is 4. The molecule has 1 fully saturated rings. The predicted molar refractivity (Wildman–Crippen MR) is 78.3 cm³/mol. The zero-order valence-corrected chi connectivity index (χ0v) is 12.7. The molecule has 3 N–H and O–H groups in total. The number of carbonyl (C=O) groups is 1. The first-order valence-corrected chi connectivity index (χ1v) is 7.45. The minimum Gasteiger partial charge on any atom is -0.435 e. The van der Waals surface area contributed by atoms with Gasteiger partial charge in [-0.25, -0.2) is 0 Å². The van der Waals surface area contributed by atoms with Crippen LogP contribution in [0.15, 0.2) is 18.2 Å². The molecule has 9 heteroatoms. The number of halogens is 4. The smallest absolute Gasteiger partial charge is 0.387 e. The first-order chi connectivity index (χ1) is 11.3. The van der Waals surface area contributed by atoms with Gasteiger partial charge in [0.1, 0.15) is 5.75 Å². The molecule has 0 aliphatic heterocycles. The van der Waals surface area contributed by atoms with Gasteiger partial charge in [-0.05, 0) is 31.4 Å². The molecule has 1 aromatic carbocycles. The number of benzene rings is 1. The van der Waals surface area contributed by atoms with Gasteiger partial charge in [-0.15, -0.1) is 0 Å². The molecule has 5 nitrogen and oxygen atoms in total. The van der Waals surface area contributed by atoms with E-state index in [9.17, 15) is 22.4 Å². The number of ether oxygens (including phenoxy) is 2. The van der Waals surface area contributed by atoms with E-state index in [2.05, 4.69) is 14.8 Å². The quantitative estimate of drug-likeness (QED) is 0.772. The Labute approximate surface area is 136 Å². The Morgan fingerprint density at radius 2 is 1.88 bits per heavy atom. The fraction of sp³-hybridized carbons (Fsp3) is 0.533. The number of carbonyl (C=O) groups excluding carboxylic acids is 1. The lowest BCUT2D eigenvalue weighted by Gasteiger charge is -2.26. The van der Waals surface area contributed by atoms with Crippen molar-refractivity contribution in [2.24, 2.45) is 11.7 Å². The Bertz CT molecular complexity index is 572. The number of hydrogen-bond donors (Lipinski definition) is 2. The number of nitrogens with two attached hydrogens (primary N) is 1. The minimum absolute atomic E-state index is 0.0407. The molecule has 0 bridgehead atoms. The Balaban J connectivity index is 2.13. The van der Waals surface area contributed by atoms with Gasteiger partial charge in [-0.3, -0.25) is 4.79 Å². The number of nitrogens with one attached hydrogen (secondary N) is 1. The molecule has 0 heterocycles. The summed E-state index contributed by atoms with van der Waals surface area (Å²) >= 11 is 0. The molecule has 1 aliphatic rings. The SMILES string of the molecule is NC1CCCC(C(=O)Nc2ccc(OC(F)F)cc2OC(F)F)C1. The van der Waals surface area contributed by atoms with Gasteiger partial charge in [0, 0.05) is 18.0 Å². The average Bonchev–Trinajstić information content (AvgIpc) is 2.48. The lowest BCUT2D eigenvalue weighted by atomic mass is 9.85. The third kappa shape index (κ3) is 5.26. The molecule has 1 aliphatic carbocycles. The van der Waals surface area contributed by atoms with Crippen molar-refractivity contribution in [2.45, 2.75) is 44.9 Å². The van der Waals surface area contributed by atoms with Crippen molar-refractivity contribution in [3.63, 3.8) is 0 Å². The van der Waals surface area contributed by atoms with E-state index >= 15 is 0 Å². The van der Waals surface area contributed by atoms with Gasteiger partial charge >= 0.3 is 13.2 Å². The van der Waals surface area contributed by atoms with E-state index in [0.717, 1.165) is 25.0 Å². The van der Waals surface area contributed by atoms with E-state index in [1.165, 1.54) is 6.07 Å². The van der Waals surface area contributed by atoms with Crippen molar-refractivity contribution < 1.29 is 31.8 Å². The summed E-state index contributed by atoms with van der Waals surface area (Å²) in [5.74, 6) is -1.49. The zero-order valence-electron chi connectivity index (χ0n) is 12.7. The first-order valence-electron chi connectivity index (χ1n) is 7.45. The molecule has 0 spiro atoms. The molecule has 134 valence electrons. The molecule has 1 amide bonds. The zero-order chi connectivity index (χ0) is 17.7. The minimum atomic E-state index is -3.18. The van der Waals surface area contributed by atoms with Crippen molar-refractivity contribution in [1.29, 1.82) is 0 Å². The van der Waals surface area contributed by atoms with E-state index in [-0.39, 0.29) is 29.3 Å². The highest BCUT2D eigenvalue weighted by Crippen LogP contribution is 2.33. The average molecular weight is 350 g/mol. The maximum Gasteiger partial charge on any atom is 0.387 e. The van der Waals surface area contributed by atoms with Crippen LogP contribution in [0, 0.1) is 5.92 Å². The second-order valence-corrected chi connectivity index (χ2v) is 5.53. The van der Waals surface area contributed by atoms with Crippen LogP contribution in [-0.4, -0.2) is 25.2 Å². The Morgan fingerprint density at radius 3 is 2.50 bits per heavy atom. The van der Waals surface area contributed by atoms with Crippen LogP contribution in [0.3, 0.4) is 0 Å². The van der Waals surface area contributed by atoms with Crippen LogP contribution in [0.5, 0.6) is 11.5 Å². The number of anilines is 1. The molecule has 0 aromatic heterocycles. The number of hydrogen-bond acceptors (Lipinski definition) is 4. The van der Waals surface area contributed by atoms with E-state index in [1.54, 1.807) is 0 Å². The molecule has 2 unspecified atom stereocenters. The second kappa shape index (κ2) is 8.18. The van der Waals surface area contributed by atoms with Gasteiger partial charge in [0.05, 0.1) is 5.69 Å². The lowest BCUT2D eigenvalue weighted by molar-refractivity contribution is -0.121. The topological polar surface area (TPSA) is 73.6 Å². The first kappa shape index (κ1) is 18.3. The summed E-state index contributed by atoms with van der Waals surface area (Å²) in [6, 6.07) is 3.11. The summed E-state index contributed by atoms with van der Waals surface area (Å²) < 4.78 is 57.8. The summed E-state index contributed by atoms with van der Waals surface area (Å²) in [7, 11) is 0. The number of rotatable bonds is 6. The van der Waals surface area contributed by atoms with Gasteiger partial charge in [-0.2, -0.15) is 17.6 Å². The molecule has 0 saturated heterocycles. The van der Waals surface area contributed by atoms with E-state index in [4.69, 9.17) is 5.73 Å². The van der Waals surface area contributed by atoms with Crippen LogP contribution in [-0.2, 0) is 4.79 Å². The van der Waals surface area contributed by atoms with Crippen LogP contribution in [0.25, 0.3) is 0 Å². The van der Waals surface area contributed by atoms with Crippen molar-refractivity contribution in [2.75, 3.05) is 5.32 Å². The van der Waals surface area contributed by atoms with Gasteiger partial charge < -0.3 is 20.5 Å². The molecular formula is C15H18F4N2O3. The van der Waals surface area contributed by atoms with Crippen LogP contribution in [0.2, 0.25) is 0 Å². The molecule has 0 radical (unpaired) electrons. The summed E-state index contributed by atoms with van der Waals surface area (Å²) in [5.41, 5.74) is 5.79. The molecule has 2 atom stereocenters. The summed E-state index contributed by atoms with van der Waals surface area (Å²) in [6.45, 7) is -6.28. The van der Waals surface area contributed by atoms with Crippen LogP contribution >= 0.6 is 0 Å². The third-order valence-corrected chi connectivity index (χ3v) is 3.74. The fourth-order valence-electron chi connectivity index (χ4n) is 2.68. The van der Waals surface area contributed by atoms with Crippen molar-refractivity contribution in [1.82, 2.24) is 0 Å². The summed E-state index contributed by atoms with van der Waals surface area (Å²) in [5, 5.41) is 2.49. The maximum atomic E-state index is 12.5. The van der Waals surface area contributed by atoms with Crippen molar-refractivity contribution >= 4 is 11.6 Å². The number of amides is 1. The monoisotopic (exact) mass is 350 g/mol. The molecule has 1 saturated carbocycles. The Hall–Kier alpha value is -2.03. The van der Waals surface area contributed by atoms with E-state index in [1.807, 2.05) is 0 Å². The third-order valence-electron chi connectivity index (χ3n) is 3.74. The Kier molecular flexibility index (Phi) is 6.24. The fourth-order valence-corrected chi connectivity index (χ4v) is 2.68. The normalized spacial score (nSPS) is 21.0. The molecule has 1 aromatic rings. The van der Waals surface area contributed by atoms with Gasteiger partial charge in [0.2, 0.25) is 5.91 Å². The standard InChI is InChI=1S/C15H18F4N2O3/c16-14(17)23-10-4-5-11(12(7-10)24-15(18)19)21-13(22)8-2-1-3-9(20)6-8/h4-5,7-9,14-15H,1-3,6,20H2,(H,21,22). The van der Waals surface area contributed by atoms with Gasteiger partial charge in [0.15, 0.2) is 5.75 Å². The molecule has 24 heavy (non-hydrogen) atoms. The predicted octanol–water partition coefficient (Wildman–Crippen LogP) is 3.35. The molecule has 2 rings (SSSR count). The highest BCUT2D eigenvalue weighted by molar-refractivity contribution is 5.94. The largest absolute Gasteiger partial charge is 0.435 e. The molecular weight excluding hydrogens is 332 g/mol. The van der Waals surface area contributed by atoms with Gasteiger partial charge in [-0.1, -0.05) is 6.42 Å². The van der Waals surface area contributed by atoms with E-state index in [0.29, 0.717) is 12.8 Å². The highest BCUT2D eigenvalue weighted by atomic mass is 19.3. The Morgan fingerprint density at radius 1 is 1.17 bits per heavy atom. The summed E-state index contributed by atoms with van der Waals surface area (Å²) in [4.78, 5) is 12.3. The van der Waals surface area contributed by atoms with Gasteiger partial charge in [0.25, 0.3) is 0 Å². The maximum absolute atomic E-state index is 12.5. The summed E-state index contributed by atoms with van der Waals surface area (Å²) in [6.07, 6.45) is 2.80. The van der Waals surface area contributed by atoms with Crippen molar-refractivity contribution in [3.05, 3.63) is 18.2 Å². The van der Waals surface area contributed by atoms with Crippen molar-refractivity contribution in [3.8, 4) is 11.5 Å².